The highest BCUT2D eigenvalue weighted by Gasteiger charge is 2.08. The predicted molar refractivity (Wildman–Crippen MR) is 96.6 cm³/mol. The number of methoxy groups -OCH3 is 1. The summed E-state index contributed by atoms with van der Waals surface area (Å²) in [7, 11) is 1.61. The predicted octanol–water partition coefficient (Wildman–Crippen LogP) is 3.31. The van der Waals surface area contributed by atoms with E-state index in [0.29, 0.717) is 29.4 Å². The van der Waals surface area contributed by atoms with Crippen LogP contribution in [0.3, 0.4) is 0 Å². The van der Waals surface area contributed by atoms with Gasteiger partial charge in [0, 0.05) is 0 Å². The van der Waals surface area contributed by atoms with Gasteiger partial charge in [0.25, 0.3) is 5.56 Å². The Labute approximate surface area is 146 Å². The average Bonchev–Trinajstić information content (AvgIpc) is 2.62. The minimum atomic E-state index is -0.479. The van der Waals surface area contributed by atoms with Crippen LogP contribution in [0, 0.1) is 18.3 Å². The molecule has 0 radical (unpaired) electrons. The molecule has 0 bridgehead atoms. The molecular formula is C19H21N3O3. The molecule has 0 amide bonds. The van der Waals surface area contributed by atoms with Crippen molar-refractivity contribution in [2.45, 2.75) is 26.7 Å². The summed E-state index contributed by atoms with van der Waals surface area (Å²) < 4.78 is 11.1. The summed E-state index contributed by atoms with van der Waals surface area (Å²) in [6.45, 7) is 4.44. The van der Waals surface area contributed by atoms with Gasteiger partial charge in [-0.05, 0) is 42.7 Å². The highest BCUT2D eigenvalue weighted by atomic mass is 16.5. The number of aromatic amines is 1. The molecule has 1 N–H and O–H groups in total. The first-order chi connectivity index (χ1) is 12.1. The Kier molecular flexibility index (Phi) is 6.35. The van der Waals surface area contributed by atoms with Crippen LogP contribution in [0.5, 0.6) is 11.5 Å². The lowest BCUT2D eigenvalue weighted by molar-refractivity contribution is 0.288. The van der Waals surface area contributed by atoms with Gasteiger partial charge >= 0.3 is 0 Å². The number of ether oxygens (including phenoxy) is 2. The molecule has 6 heteroatoms. The Morgan fingerprint density at radius 3 is 2.80 bits per heavy atom. The topological polar surface area (TPSA) is 88.0 Å². The van der Waals surface area contributed by atoms with Gasteiger partial charge in [0.1, 0.15) is 11.6 Å². The quantitative estimate of drug-likeness (QED) is 0.782. The Bertz CT molecular complexity index is 863. The van der Waals surface area contributed by atoms with Crippen LogP contribution in [0.25, 0.3) is 12.2 Å². The van der Waals surface area contributed by atoms with E-state index in [1.54, 1.807) is 20.1 Å². The van der Waals surface area contributed by atoms with E-state index in [1.165, 1.54) is 0 Å². The highest BCUT2D eigenvalue weighted by molar-refractivity contribution is 5.71. The Balaban J connectivity index is 2.28. The van der Waals surface area contributed by atoms with E-state index < -0.39 is 5.56 Å². The van der Waals surface area contributed by atoms with Gasteiger partial charge in [-0.1, -0.05) is 25.5 Å². The number of H-pyrrole nitrogens is 1. The maximum Gasteiger partial charge on any atom is 0.282 e. The van der Waals surface area contributed by atoms with Crippen molar-refractivity contribution in [1.82, 2.24) is 10.2 Å². The van der Waals surface area contributed by atoms with Crippen molar-refractivity contribution >= 4 is 12.2 Å². The third-order valence-electron chi connectivity index (χ3n) is 3.75. The van der Waals surface area contributed by atoms with E-state index in [2.05, 4.69) is 17.1 Å². The Hall–Kier alpha value is -3.07. The number of unbranched alkanes of at least 4 members (excludes halogenated alkanes) is 1. The first-order valence-electron chi connectivity index (χ1n) is 8.09. The monoisotopic (exact) mass is 339 g/mol. The summed E-state index contributed by atoms with van der Waals surface area (Å²) in [5.41, 5.74) is 1.59. The molecule has 2 aromatic rings. The fourth-order valence-corrected chi connectivity index (χ4v) is 2.26. The fraction of sp³-hybridized carbons (Fsp3) is 0.316. The van der Waals surface area contributed by atoms with Crippen molar-refractivity contribution in [2.24, 2.45) is 0 Å². The third kappa shape index (κ3) is 4.48. The molecule has 1 aromatic carbocycles. The van der Waals surface area contributed by atoms with Gasteiger partial charge in [-0.25, -0.2) is 5.10 Å². The summed E-state index contributed by atoms with van der Waals surface area (Å²) in [5, 5.41) is 15.4. The zero-order chi connectivity index (χ0) is 18.2. The van der Waals surface area contributed by atoms with Crippen molar-refractivity contribution in [2.75, 3.05) is 13.7 Å². The maximum atomic E-state index is 11.5. The molecule has 130 valence electrons. The van der Waals surface area contributed by atoms with E-state index in [1.807, 2.05) is 30.3 Å². The minimum Gasteiger partial charge on any atom is -0.493 e. The number of benzene rings is 1. The smallest absolute Gasteiger partial charge is 0.282 e. The molecule has 25 heavy (non-hydrogen) atoms. The van der Waals surface area contributed by atoms with Gasteiger partial charge in [0.05, 0.1) is 19.4 Å². The first kappa shape index (κ1) is 18.3. The van der Waals surface area contributed by atoms with E-state index >= 15 is 0 Å². The van der Waals surface area contributed by atoms with Crippen LogP contribution in [-0.2, 0) is 0 Å². The van der Waals surface area contributed by atoms with Crippen LogP contribution in [0.4, 0.5) is 0 Å². The largest absolute Gasteiger partial charge is 0.493 e. The lowest BCUT2D eigenvalue weighted by Gasteiger charge is -2.11. The molecule has 0 fully saturated rings. The summed E-state index contributed by atoms with van der Waals surface area (Å²) in [5.74, 6) is 1.36. The molecule has 0 aliphatic carbocycles. The van der Waals surface area contributed by atoms with Crippen molar-refractivity contribution < 1.29 is 9.47 Å². The van der Waals surface area contributed by atoms with Crippen molar-refractivity contribution in [3.05, 3.63) is 50.9 Å². The van der Waals surface area contributed by atoms with Crippen LogP contribution < -0.4 is 15.0 Å². The van der Waals surface area contributed by atoms with Crippen molar-refractivity contribution in [3.63, 3.8) is 0 Å². The summed E-state index contributed by atoms with van der Waals surface area (Å²) >= 11 is 0. The van der Waals surface area contributed by atoms with Crippen molar-refractivity contribution in [3.8, 4) is 17.6 Å². The SMILES string of the molecule is CCCCOc1cc(/C=C/c2n[nH]c(=O)c(C#N)c2C)ccc1OC. The van der Waals surface area contributed by atoms with E-state index in [9.17, 15) is 4.79 Å². The van der Waals surface area contributed by atoms with Crippen LogP contribution in [0.15, 0.2) is 23.0 Å². The maximum absolute atomic E-state index is 11.5. The molecule has 0 spiro atoms. The molecule has 0 aliphatic heterocycles. The second-order valence-electron chi connectivity index (χ2n) is 5.50. The highest BCUT2D eigenvalue weighted by Crippen LogP contribution is 2.29. The average molecular weight is 339 g/mol. The van der Waals surface area contributed by atoms with Crippen molar-refractivity contribution in [1.29, 1.82) is 5.26 Å². The Morgan fingerprint density at radius 2 is 2.12 bits per heavy atom. The number of nitrogens with one attached hydrogen (secondary N) is 1. The van der Waals surface area contributed by atoms with Gasteiger partial charge in [-0.15, -0.1) is 0 Å². The van der Waals surface area contributed by atoms with Gasteiger partial charge in [0.2, 0.25) is 0 Å². The fourth-order valence-electron chi connectivity index (χ4n) is 2.26. The molecule has 0 saturated heterocycles. The summed E-state index contributed by atoms with van der Waals surface area (Å²) in [4.78, 5) is 11.5. The van der Waals surface area contributed by atoms with Crippen LogP contribution in [0.2, 0.25) is 0 Å². The number of nitrogens with zero attached hydrogens (tertiary/aromatic N) is 2. The third-order valence-corrected chi connectivity index (χ3v) is 3.75. The first-order valence-corrected chi connectivity index (χ1v) is 8.09. The zero-order valence-corrected chi connectivity index (χ0v) is 14.6. The molecule has 0 saturated carbocycles. The summed E-state index contributed by atoms with van der Waals surface area (Å²) in [6.07, 6.45) is 5.63. The van der Waals surface area contributed by atoms with E-state index in [0.717, 1.165) is 18.4 Å². The number of rotatable bonds is 7. The lowest BCUT2D eigenvalue weighted by Crippen LogP contribution is -2.15. The number of aromatic nitrogens is 2. The van der Waals surface area contributed by atoms with E-state index in [-0.39, 0.29) is 5.56 Å². The molecule has 0 aliphatic rings. The molecule has 0 atom stereocenters. The number of nitriles is 1. The normalized spacial score (nSPS) is 10.6. The zero-order valence-electron chi connectivity index (χ0n) is 14.6. The second kappa shape index (κ2) is 8.69. The van der Waals surface area contributed by atoms with Gasteiger partial charge in [-0.3, -0.25) is 4.79 Å². The molecular weight excluding hydrogens is 318 g/mol. The van der Waals surface area contributed by atoms with Gasteiger partial charge < -0.3 is 9.47 Å². The standard InChI is InChI=1S/C19H21N3O3/c1-4-5-10-25-18-11-14(7-9-17(18)24-3)6-8-16-13(2)15(12-20)19(23)22-21-16/h6-9,11H,4-5,10H2,1-3H3,(H,22,23)/b8-6+. The van der Waals surface area contributed by atoms with Crippen LogP contribution in [-0.4, -0.2) is 23.9 Å². The van der Waals surface area contributed by atoms with E-state index in [4.69, 9.17) is 14.7 Å². The van der Waals surface area contributed by atoms with Crippen LogP contribution >= 0.6 is 0 Å². The lowest BCUT2D eigenvalue weighted by atomic mass is 10.1. The second-order valence-corrected chi connectivity index (χ2v) is 5.50. The van der Waals surface area contributed by atoms with Gasteiger partial charge in [0.15, 0.2) is 11.5 Å². The molecule has 1 heterocycles. The van der Waals surface area contributed by atoms with Gasteiger partial charge in [-0.2, -0.15) is 10.4 Å². The number of hydrogen-bond acceptors (Lipinski definition) is 5. The van der Waals surface area contributed by atoms with Crippen LogP contribution in [0.1, 0.15) is 42.1 Å². The molecule has 0 unspecified atom stereocenters. The molecule has 1 aromatic heterocycles. The minimum absolute atomic E-state index is 0.0768. The molecule has 6 nitrogen and oxygen atoms in total. The number of hydrogen-bond donors (Lipinski definition) is 1. The molecule has 2 rings (SSSR count). The Morgan fingerprint density at radius 1 is 1.32 bits per heavy atom. The summed E-state index contributed by atoms with van der Waals surface area (Å²) in [6, 6.07) is 7.53.